The van der Waals surface area contributed by atoms with Crippen LogP contribution in [-0.4, -0.2) is 22.9 Å². The molecule has 0 fully saturated rings. The molecule has 2 rings (SSSR count). The molecule has 3 nitrogen and oxygen atoms in total. The van der Waals surface area contributed by atoms with Gasteiger partial charge in [-0.25, -0.2) is 0 Å². The Bertz CT molecular complexity index is 487. The number of benzene rings is 2. The molecule has 0 radical (unpaired) electrons. The third kappa shape index (κ3) is 4.78. The molecule has 2 aromatic carbocycles. The van der Waals surface area contributed by atoms with Gasteiger partial charge in [0.2, 0.25) is 0 Å². The summed E-state index contributed by atoms with van der Waals surface area (Å²) in [4.78, 5) is 0. The smallest absolute Gasteiger partial charge is 0.0492 e. The summed E-state index contributed by atoms with van der Waals surface area (Å²) in [5.41, 5.74) is 2.37. The number of rotatable bonds is 7. The summed E-state index contributed by atoms with van der Waals surface area (Å²) >= 11 is 0. The van der Waals surface area contributed by atoms with Crippen molar-refractivity contribution in [1.82, 2.24) is 10.4 Å². The Hall–Kier alpha value is -1.68. The summed E-state index contributed by atoms with van der Waals surface area (Å²) in [6, 6.07) is 20.3. The maximum absolute atomic E-state index is 10.1. The Morgan fingerprint density at radius 3 is 2.10 bits per heavy atom. The standard InChI is InChI=1S/C17H22N2O/c1-15(12-18-13-16-8-4-2-5-9-16)19(20)14-17-10-6-3-7-11-17/h2-11,15,18,20H,12-14H2,1H3. The lowest BCUT2D eigenvalue weighted by molar-refractivity contribution is -0.129. The van der Waals surface area contributed by atoms with E-state index < -0.39 is 0 Å². The van der Waals surface area contributed by atoms with Crippen LogP contribution in [0.5, 0.6) is 0 Å². The molecular formula is C17H22N2O. The fraction of sp³-hybridized carbons (Fsp3) is 0.294. The number of nitrogens with one attached hydrogen (secondary N) is 1. The van der Waals surface area contributed by atoms with Crippen LogP contribution in [-0.2, 0) is 13.1 Å². The first-order valence-electron chi connectivity index (χ1n) is 7.00. The largest absolute Gasteiger partial charge is 0.313 e. The predicted octanol–water partition coefficient (Wildman–Crippen LogP) is 3.06. The molecule has 0 bridgehead atoms. The molecule has 2 N–H and O–H groups in total. The van der Waals surface area contributed by atoms with Crippen molar-refractivity contribution in [2.45, 2.75) is 26.1 Å². The number of nitrogens with zero attached hydrogens (tertiary/aromatic N) is 1. The molecule has 3 heteroatoms. The summed E-state index contributed by atoms with van der Waals surface area (Å²) in [5, 5.41) is 14.8. The van der Waals surface area contributed by atoms with E-state index in [4.69, 9.17) is 0 Å². The average Bonchev–Trinajstić information content (AvgIpc) is 2.49. The fourth-order valence-electron chi connectivity index (χ4n) is 2.05. The predicted molar refractivity (Wildman–Crippen MR) is 81.4 cm³/mol. The Morgan fingerprint density at radius 2 is 1.50 bits per heavy atom. The molecule has 0 aliphatic carbocycles. The van der Waals surface area contributed by atoms with Crippen LogP contribution in [0, 0.1) is 0 Å². The summed E-state index contributed by atoms with van der Waals surface area (Å²) in [7, 11) is 0. The van der Waals surface area contributed by atoms with Crippen LogP contribution in [0.1, 0.15) is 18.1 Å². The summed E-state index contributed by atoms with van der Waals surface area (Å²) in [5.74, 6) is 0. The zero-order valence-corrected chi connectivity index (χ0v) is 11.9. The van der Waals surface area contributed by atoms with Crippen LogP contribution < -0.4 is 5.32 Å². The first-order valence-corrected chi connectivity index (χ1v) is 7.00. The van der Waals surface area contributed by atoms with E-state index in [-0.39, 0.29) is 6.04 Å². The van der Waals surface area contributed by atoms with Crippen LogP contribution in [0.25, 0.3) is 0 Å². The normalized spacial score (nSPS) is 12.6. The van der Waals surface area contributed by atoms with Gasteiger partial charge in [0.25, 0.3) is 0 Å². The lowest BCUT2D eigenvalue weighted by atomic mass is 10.2. The first kappa shape index (κ1) is 14.7. The average molecular weight is 270 g/mol. The molecule has 0 heterocycles. The summed E-state index contributed by atoms with van der Waals surface area (Å²) < 4.78 is 0. The van der Waals surface area contributed by atoms with Gasteiger partial charge in [0.1, 0.15) is 0 Å². The number of hydroxylamine groups is 2. The molecule has 0 aromatic heterocycles. The van der Waals surface area contributed by atoms with E-state index in [0.717, 1.165) is 18.7 Å². The Balaban J connectivity index is 1.73. The first-order chi connectivity index (χ1) is 9.75. The molecule has 106 valence electrons. The van der Waals surface area contributed by atoms with E-state index >= 15 is 0 Å². The van der Waals surface area contributed by atoms with Crippen molar-refractivity contribution in [3.05, 3.63) is 71.8 Å². The summed E-state index contributed by atoms with van der Waals surface area (Å²) in [6.45, 7) is 4.14. The second-order valence-electron chi connectivity index (χ2n) is 5.05. The van der Waals surface area contributed by atoms with Crippen molar-refractivity contribution >= 4 is 0 Å². The highest BCUT2D eigenvalue weighted by Gasteiger charge is 2.10. The molecule has 0 saturated carbocycles. The zero-order valence-electron chi connectivity index (χ0n) is 11.9. The monoisotopic (exact) mass is 270 g/mol. The van der Waals surface area contributed by atoms with Crippen molar-refractivity contribution in [3.8, 4) is 0 Å². The van der Waals surface area contributed by atoms with E-state index in [1.54, 1.807) is 0 Å². The highest BCUT2D eigenvalue weighted by molar-refractivity contribution is 5.15. The second-order valence-corrected chi connectivity index (χ2v) is 5.05. The fourth-order valence-corrected chi connectivity index (χ4v) is 2.05. The second kappa shape index (κ2) is 7.80. The van der Waals surface area contributed by atoms with Gasteiger partial charge in [0.15, 0.2) is 0 Å². The van der Waals surface area contributed by atoms with Crippen molar-refractivity contribution < 1.29 is 5.21 Å². The van der Waals surface area contributed by atoms with Gasteiger partial charge in [-0.3, -0.25) is 0 Å². The molecule has 20 heavy (non-hydrogen) atoms. The minimum absolute atomic E-state index is 0.0684. The van der Waals surface area contributed by atoms with Gasteiger partial charge < -0.3 is 10.5 Å². The maximum Gasteiger partial charge on any atom is 0.0492 e. The quantitative estimate of drug-likeness (QED) is 0.759. The van der Waals surface area contributed by atoms with E-state index in [9.17, 15) is 5.21 Å². The van der Waals surface area contributed by atoms with Gasteiger partial charge in [0.05, 0.1) is 0 Å². The molecular weight excluding hydrogens is 248 g/mol. The van der Waals surface area contributed by atoms with Gasteiger partial charge in [-0.05, 0) is 18.1 Å². The zero-order chi connectivity index (χ0) is 14.2. The van der Waals surface area contributed by atoms with Crippen LogP contribution >= 0.6 is 0 Å². The van der Waals surface area contributed by atoms with Crippen molar-refractivity contribution in [2.75, 3.05) is 6.54 Å². The molecule has 0 amide bonds. The van der Waals surface area contributed by atoms with E-state index in [0.29, 0.717) is 6.54 Å². The Morgan fingerprint density at radius 1 is 0.950 bits per heavy atom. The van der Waals surface area contributed by atoms with Crippen LogP contribution in [0.4, 0.5) is 0 Å². The van der Waals surface area contributed by atoms with Gasteiger partial charge in [-0.1, -0.05) is 60.7 Å². The highest BCUT2D eigenvalue weighted by atomic mass is 16.5. The molecule has 0 aliphatic rings. The van der Waals surface area contributed by atoms with Gasteiger partial charge in [-0.15, -0.1) is 0 Å². The topological polar surface area (TPSA) is 35.5 Å². The van der Waals surface area contributed by atoms with Crippen LogP contribution in [0.15, 0.2) is 60.7 Å². The molecule has 0 aliphatic heterocycles. The number of hydrogen-bond acceptors (Lipinski definition) is 3. The van der Waals surface area contributed by atoms with Crippen LogP contribution in [0.3, 0.4) is 0 Å². The highest BCUT2D eigenvalue weighted by Crippen LogP contribution is 2.05. The van der Waals surface area contributed by atoms with Gasteiger partial charge in [0, 0.05) is 25.7 Å². The van der Waals surface area contributed by atoms with Gasteiger partial charge >= 0.3 is 0 Å². The molecule has 1 unspecified atom stereocenters. The third-order valence-corrected chi connectivity index (χ3v) is 3.31. The Labute approximate surface area is 120 Å². The third-order valence-electron chi connectivity index (χ3n) is 3.31. The molecule has 2 aromatic rings. The summed E-state index contributed by atoms with van der Waals surface area (Å²) in [6.07, 6.45) is 0. The van der Waals surface area contributed by atoms with Crippen LogP contribution in [0.2, 0.25) is 0 Å². The SMILES string of the molecule is CC(CNCc1ccccc1)N(O)Cc1ccccc1. The van der Waals surface area contributed by atoms with Crippen molar-refractivity contribution in [1.29, 1.82) is 0 Å². The Kier molecular flexibility index (Phi) is 5.74. The van der Waals surface area contributed by atoms with Gasteiger partial charge in [-0.2, -0.15) is 5.06 Å². The van der Waals surface area contributed by atoms with Crippen molar-refractivity contribution in [2.24, 2.45) is 0 Å². The number of hydrogen-bond donors (Lipinski definition) is 2. The van der Waals surface area contributed by atoms with E-state index in [2.05, 4.69) is 17.4 Å². The lowest BCUT2D eigenvalue weighted by Gasteiger charge is -2.23. The van der Waals surface area contributed by atoms with E-state index in [1.165, 1.54) is 10.6 Å². The molecule has 0 saturated heterocycles. The molecule has 0 spiro atoms. The van der Waals surface area contributed by atoms with E-state index in [1.807, 2.05) is 55.5 Å². The lowest BCUT2D eigenvalue weighted by Crippen LogP contribution is -2.37. The minimum Gasteiger partial charge on any atom is -0.313 e. The minimum atomic E-state index is 0.0684. The molecule has 1 atom stereocenters. The van der Waals surface area contributed by atoms with Crippen molar-refractivity contribution in [3.63, 3.8) is 0 Å². The maximum atomic E-state index is 10.1.